The lowest BCUT2D eigenvalue weighted by Crippen LogP contribution is -2.43. The number of methoxy groups -OCH3 is 1. The van der Waals surface area contributed by atoms with E-state index in [-0.39, 0.29) is 5.56 Å². The molecule has 2 rings (SSSR count). The number of carbonyl (C=O) groups excluding carboxylic acids is 2. The molecule has 0 fully saturated rings. The van der Waals surface area contributed by atoms with Gasteiger partial charge in [-0.3, -0.25) is 14.0 Å². The molecule has 0 aromatic carbocycles. The Bertz CT molecular complexity index is 784. The summed E-state index contributed by atoms with van der Waals surface area (Å²) >= 11 is 2.88. The highest BCUT2D eigenvalue weighted by molar-refractivity contribution is 7.98. The van der Waals surface area contributed by atoms with E-state index in [1.54, 1.807) is 24.1 Å². The topological polar surface area (TPSA) is 89.8 Å². The fourth-order valence-corrected chi connectivity index (χ4v) is 3.34. The molecule has 1 unspecified atom stereocenters. The second-order valence-corrected chi connectivity index (χ2v) is 6.62. The molecule has 0 aliphatic carbocycles. The average molecular weight is 355 g/mol. The van der Waals surface area contributed by atoms with Crippen molar-refractivity contribution < 1.29 is 14.3 Å². The van der Waals surface area contributed by atoms with Crippen molar-refractivity contribution >= 4 is 39.9 Å². The Morgan fingerprint density at radius 3 is 2.91 bits per heavy atom. The number of fused-ring (bicyclic) bond motifs is 1. The van der Waals surface area contributed by atoms with Gasteiger partial charge in [0, 0.05) is 17.3 Å². The van der Waals surface area contributed by atoms with Gasteiger partial charge < -0.3 is 10.1 Å². The molecule has 1 amide bonds. The highest BCUT2D eigenvalue weighted by Crippen LogP contribution is 2.11. The zero-order valence-corrected chi connectivity index (χ0v) is 14.6. The van der Waals surface area contributed by atoms with E-state index < -0.39 is 23.5 Å². The van der Waals surface area contributed by atoms with Gasteiger partial charge in [-0.15, -0.1) is 11.3 Å². The van der Waals surface area contributed by atoms with Crippen molar-refractivity contribution in [3.05, 3.63) is 33.2 Å². The molecule has 0 radical (unpaired) electrons. The smallest absolute Gasteiger partial charge is 0.328 e. The minimum absolute atomic E-state index is 0.0953. The second kappa shape index (κ2) is 7.60. The van der Waals surface area contributed by atoms with E-state index in [9.17, 15) is 14.4 Å². The van der Waals surface area contributed by atoms with Crippen LogP contribution in [-0.2, 0) is 9.53 Å². The van der Waals surface area contributed by atoms with Crippen LogP contribution in [0, 0.1) is 6.92 Å². The van der Waals surface area contributed by atoms with E-state index in [0.717, 1.165) is 0 Å². The van der Waals surface area contributed by atoms with Crippen LogP contribution in [0.15, 0.2) is 16.4 Å². The normalized spacial score (nSPS) is 12.1. The number of nitrogens with zero attached hydrogens (tertiary/aromatic N) is 2. The first-order valence-electron chi connectivity index (χ1n) is 6.83. The summed E-state index contributed by atoms with van der Waals surface area (Å²) in [5.41, 5.74) is 0.172. The van der Waals surface area contributed by atoms with Gasteiger partial charge >= 0.3 is 5.97 Å². The second-order valence-electron chi connectivity index (χ2n) is 4.80. The Hall–Kier alpha value is -1.87. The minimum Gasteiger partial charge on any atom is -0.467 e. The SMILES string of the molecule is COC(=O)C(CCSC)NC(=O)c1cnc2scc(C)n2c1=O. The van der Waals surface area contributed by atoms with Crippen LogP contribution in [0.25, 0.3) is 4.96 Å². The number of ether oxygens (including phenoxy) is 1. The zero-order valence-electron chi connectivity index (χ0n) is 13.0. The number of hydrogen-bond donors (Lipinski definition) is 1. The first kappa shape index (κ1) is 17.5. The number of rotatable bonds is 6. The summed E-state index contributed by atoms with van der Waals surface area (Å²) in [5, 5.41) is 4.35. The summed E-state index contributed by atoms with van der Waals surface area (Å²) in [4.78, 5) is 41.2. The zero-order chi connectivity index (χ0) is 17.0. The van der Waals surface area contributed by atoms with E-state index in [1.165, 1.54) is 29.0 Å². The molecule has 2 aromatic heterocycles. The maximum absolute atomic E-state index is 12.4. The number of esters is 1. The summed E-state index contributed by atoms with van der Waals surface area (Å²) in [6.45, 7) is 1.77. The van der Waals surface area contributed by atoms with Crippen LogP contribution < -0.4 is 10.9 Å². The average Bonchev–Trinajstić information content (AvgIpc) is 2.92. The van der Waals surface area contributed by atoms with Crippen molar-refractivity contribution in [2.75, 3.05) is 19.1 Å². The van der Waals surface area contributed by atoms with Gasteiger partial charge in [0.2, 0.25) is 0 Å². The van der Waals surface area contributed by atoms with Gasteiger partial charge in [0.25, 0.3) is 11.5 Å². The fourth-order valence-electron chi connectivity index (χ4n) is 2.04. The molecule has 0 bridgehead atoms. The molecule has 9 heteroatoms. The number of aryl methyl sites for hydroxylation is 1. The number of hydrogen-bond acceptors (Lipinski definition) is 7. The Labute approximate surface area is 141 Å². The summed E-state index contributed by atoms with van der Waals surface area (Å²) < 4.78 is 6.08. The Kier molecular flexibility index (Phi) is 5.78. The van der Waals surface area contributed by atoms with Crippen molar-refractivity contribution in [1.82, 2.24) is 14.7 Å². The van der Waals surface area contributed by atoms with Crippen LogP contribution in [-0.4, -0.2) is 46.4 Å². The molecule has 0 spiro atoms. The van der Waals surface area contributed by atoms with E-state index in [0.29, 0.717) is 22.8 Å². The van der Waals surface area contributed by atoms with E-state index in [4.69, 9.17) is 4.74 Å². The summed E-state index contributed by atoms with van der Waals surface area (Å²) in [5.74, 6) is -0.479. The third kappa shape index (κ3) is 3.73. The molecule has 23 heavy (non-hydrogen) atoms. The Balaban J connectivity index is 2.28. The fraction of sp³-hybridized carbons (Fsp3) is 0.429. The van der Waals surface area contributed by atoms with Crippen molar-refractivity contribution in [3.8, 4) is 0 Å². The first-order chi connectivity index (χ1) is 11.0. The molecule has 7 nitrogen and oxygen atoms in total. The summed E-state index contributed by atoms with van der Waals surface area (Å²) in [7, 11) is 1.26. The minimum atomic E-state index is -0.788. The lowest BCUT2D eigenvalue weighted by Gasteiger charge is -2.15. The number of thioether (sulfide) groups is 1. The summed E-state index contributed by atoms with van der Waals surface area (Å²) in [6.07, 6.45) is 3.57. The van der Waals surface area contributed by atoms with Crippen LogP contribution in [0.3, 0.4) is 0 Å². The molecule has 2 aromatic rings. The predicted octanol–water partition coefficient (Wildman–Crippen LogP) is 1.09. The molecule has 0 aliphatic rings. The molecular weight excluding hydrogens is 338 g/mol. The maximum Gasteiger partial charge on any atom is 0.328 e. The lowest BCUT2D eigenvalue weighted by molar-refractivity contribution is -0.142. The molecule has 0 aliphatic heterocycles. The predicted molar refractivity (Wildman–Crippen MR) is 90.3 cm³/mol. The van der Waals surface area contributed by atoms with Crippen LogP contribution in [0.5, 0.6) is 0 Å². The van der Waals surface area contributed by atoms with Crippen LogP contribution in [0.2, 0.25) is 0 Å². The third-order valence-electron chi connectivity index (χ3n) is 3.26. The molecule has 0 saturated carbocycles. The third-order valence-corrected chi connectivity index (χ3v) is 4.86. The molecule has 124 valence electrons. The molecular formula is C14H17N3O4S2. The van der Waals surface area contributed by atoms with Gasteiger partial charge in [-0.2, -0.15) is 11.8 Å². The van der Waals surface area contributed by atoms with Crippen molar-refractivity contribution in [3.63, 3.8) is 0 Å². The first-order valence-corrected chi connectivity index (χ1v) is 9.10. The van der Waals surface area contributed by atoms with Gasteiger partial charge in [0.15, 0.2) is 4.96 Å². The number of amides is 1. The van der Waals surface area contributed by atoms with E-state index >= 15 is 0 Å². The Morgan fingerprint density at radius 2 is 2.26 bits per heavy atom. The number of aromatic nitrogens is 2. The molecule has 1 N–H and O–H groups in total. The van der Waals surface area contributed by atoms with Crippen LogP contribution in [0.1, 0.15) is 22.5 Å². The Morgan fingerprint density at radius 1 is 1.52 bits per heavy atom. The van der Waals surface area contributed by atoms with Gasteiger partial charge in [0.05, 0.1) is 7.11 Å². The van der Waals surface area contributed by atoms with E-state index in [1.807, 2.05) is 6.26 Å². The van der Waals surface area contributed by atoms with Crippen molar-refractivity contribution in [1.29, 1.82) is 0 Å². The number of thiazole rings is 1. The van der Waals surface area contributed by atoms with Crippen molar-refractivity contribution in [2.24, 2.45) is 0 Å². The summed E-state index contributed by atoms with van der Waals surface area (Å²) in [6, 6.07) is -0.788. The number of carbonyl (C=O) groups is 2. The maximum atomic E-state index is 12.4. The standard InChI is InChI=1S/C14H17N3O4S2/c1-8-7-23-14-15-6-9(12(19)17(8)14)11(18)16-10(4-5-22-3)13(20)21-2/h6-7,10H,4-5H2,1-3H3,(H,16,18). The van der Waals surface area contributed by atoms with E-state index in [2.05, 4.69) is 10.3 Å². The van der Waals surface area contributed by atoms with Crippen LogP contribution in [0.4, 0.5) is 0 Å². The number of nitrogens with one attached hydrogen (secondary N) is 1. The molecule has 1 atom stereocenters. The van der Waals surface area contributed by atoms with Gasteiger partial charge in [0.1, 0.15) is 11.6 Å². The highest BCUT2D eigenvalue weighted by Gasteiger charge is 2.24. The quantitative estimate of drug-likeness (QED) is 0.780. The molecule has 2 heterocycles. The largest absolute Gasteiger partial charge is 0.467 e. The monoisotopic (exact) mass is 355 g/mol. The van der Waals surface area contributed by atoms with Gasteiger partial charge in [-0.05, 0) is 25.4 Å². The highest BCUT2D eigenvalue weighted by atomic mass is 32.2. The van der Waals surface area contributed by atoms with Gasteiger partial charge in [-0.1, -0.05) is 0 Å². The van der Waals surface area contributed by atoms with Crippen LogP contribution >= 0.6 is 23.1 Å². The lowest BCUT2D eigenvalue weighted by atomic mass is 10.2. The van der Waals surface area contributed by atoms with Crippen molar-refractivity contribution in [2.45, 2.75) is 19.4 Å². The molecule has 0 saturated heterocycles. The van der Waals surface area contributed by atoms with Gasteiger partial charge in [-0.25, -0.2) is 9.78 Å².